The number of carbonyl (C=O) groups is 1. The number of fused-ring (bicyclic) bond motifs is 3. The summed E-state index contributed by atoms with van der Waals surface area (Å²) in [6.45, 7) is 0. The zero-order valence-corrected chi connectivity index (χ0v) is 17.0. The Morgan fingerprint density at radius 1 is 1.17 bits per heavy atom. The molecule has 2 aliphatic heterocycles. The van der Waals surface area contributed by atoms with E-state index in [2.05, 4.69) is 22.1 Å². The van der Waals surface area contributed by atoms with Gasteiger partial charge < -0.3 is 15.4 Å². The first-order valence-electron chi connectivity index (χ1n) is 10.2. The van der Waals surface area contributed by atoms with Gasteiger partial charge in [-0.1, -0.05) is 23.5 Å². The Morgan fingerprint density at radius 2 is 1.93 bits per heavy atom. The van der Waals surface area contributed by atoms with Gasteiger partial charge in [-0.2, -0.15) is 0 Å². The van der Waals surface area contributed by atoms with Crippen LogP contribution in [0.3, 0.4) is 0 Å². The van der Waals surface area contributed by atoms with Gasteiger partial charge in [0.25, 0.3) is 5.19 Å². The van der Waals surface area contributed by atoms with Crippen LogP contribution in [0.5, 0.6) is 10.9 Å². The summed E-state index contributed by atoms with van der Waals surface area (Å²) >= 11 is 1.45. The zero-order valence-electron chi connectivity index (χ0n) is 16.2. The SMILES string of the molecule is NC(=O)N1[C@@H]2CC[C@H]1CC(CCc1ccc(Oc3nc4cccnc4s3)cc1)C2. The Hall–Kier alpha value is -2.67. The largest absolute Gasteiger partial charge is 0.431 e. The lowest BCUT2D eigenvalue weighted by Gasteiger charge is -2.38. The summed E-state index contributed by atoms with van der Waals surface area (Å²) in [6, 6.07) is 12.6. The van der Waals surface area contributed by atoms with Gasteiger partial charge in [-0.15, -0.1) is 0 Å². The van der Waals surface area contributed by atoms with Crippen LogP contribution in [0.2, 0.25) is 0 Å². The van der Waals surface area contributed by atoms with Crippen molar-refractivity contribution in [2.45, 2.75) is 50.6 Å². The van der Waals surface area contributed by atoms with Crippen molar-refractivity contribution in [3.63, 3.8) is 0 Å². The molecule has 5 rings (SSSR count). The maximum Gasteiger partial charge on any atom is 0.315 e. The number of thiazole rings is 1. The Balaban J connectivity index is 1.17. The summed E-state index contributed by atoms with van der Waals surface area (Å²) < 4.78 is 5.90. The quantitative estimate of drug-likeness (QED) is 0.661. The molecule has 150 valence electrons. The van der Waals surface area contributed by atoms with Crippen molar-refractivity contribution in [3.8, 4) is 10.9 Å². The molecule has 0 radical (unpaired) electrons. The van der Waals surface area contributed by atoms with Gasteiger partial charge in [0.1, 0.15) is 16.1 Å². The molecule has 1 unspecified atom stereocenters. The topological polar surface area (TPSA) is 81.3 Å². The van der Waals surface area contributed by atoms with Crippen molar-refractivity contribution in [2.24, 2.45) is 11.7 Å². The summed E-state index contributed by atoms with van der Waals surface area (Å²) in [4.78, 5) is 23.2. The number of hydrogen-bond donors (Lipinski definition) is 1. The van der Waals surface area contributed by atoms with Crippen LogP contribution in [0.4, 0.5) is 4.79 Å². The van der Waals surface area contributed by atoms with E-state index in [-0.39, 0.29) is 6.03 Å². The predicted molar refractivity (Wildman–Crippen MR) is 113 cm³/mol. The van der Waals surface area contributed by atoms with Crippen molar-refractivity contribution in [2.75, 3.05) is 0 Å². The van der Waals surface area contributed by atoms with Crippen LogP contribution in [0.15, 0.2) is 42.6 Å². The smallest absolute Gasteiger partial charge is 0.315 e. The number of nitrogens with two attached hydrogens (primary N) is 1. The number of amides is 2. The van der Waals surface area contributed by atoms with Crippen LogP contribution in [0.25, 0.3) is 10.3 Å². The van der Waals surface area contributed by atoms with Crippen LogP contribution >= 0.6 is 11.3 Å². The number of carbonyl (C=O) groups excluding carboxylic acids is 1. The molecule has 2 bridgehead atoms. The van der Waals surface area contributed by atoms with E-state index in [1.807, 2.05) is 29.2 Å². The molecule has 0 saturated carbocycles. The fourth-order valence-corrected chi connectivity index (χ4v) is 5.65. The molecule has 2 N–H and O–H groups in total. The van der Waals surface area contributed by atoms with Crippen molar-refractivity contribution in [1.82, 2.24) is 14.9 Å². The predicted octanol–water partition coefficient (Wildman–Crippen LogP) is 4.74. The van der Waals surface area contributed by atoms with Gasteiger partial charge in [0, 0.05) is 18.3 Å². The molecule has 3 aromatic rings. The normalized spacial score (nSPS) is 23.4. The highest BCUT2D eigenvalue weighted by Crippen LogP contribution is 2.40. The number of nitrogens with zero attached hydrogens (tertiary/aromatic N) is 3. The van der Waals surface area contributed by atoms with Crippen molar-refractivity contribution < 1.29 is 9.53 Å². The standard InChI is InChI=1S/C22H24N4O2S/c23-21(27)26-16-7-8-17(26)13-15(12-16)4-3-14-5-9-18(10-6-14)28-22-25-19-2-1-11-24-20(19)29-22/h1-2,5-6,9-11,15-17H,3-4,7-8,12-13H2,(H2,23,27)/t15?,16-,17+. The van der Waals surface area contributed by atoms with Gasteiger partial charge in [-0.05, 0) is 74.3 Å². The van der Waals surface area contributed by atoms with Gasteiger partial charge in [0.05, 0.1) is 0 Å². The number of pyridine rings is 1. The Morgan fingerprint density at radius 3 is 2.62 bits per heavy atom. The van der Waals surface area contributed by atoms with E-state index in [0.717, 1.165) is 54.6 Å². The second-order valence-electron chi connectivity index (χ2n) is 8.06. The number of aromatic nitrogens is 2. The Kier molecular flexibility index (Phi) is 4.83. The van der Waals surface area contributed by atoms with Crippen molar-refractivity contribution in [1.29, 1.82) is 0 Å². The molecule has 2 aromatic heterocycles. The molecule has 0 spiro atoms. The minimum Gasteiger partial charge on any atom is -0.431 e. The maximum atomic E-state index is 11.6. The molecular weight excluding hydrogens is 384 g/mol. The number of rotatable bonds is 5. The monoisotopic (exact) mass is 408 g/mol. The van der Waals surface area contributed by atoms with Gasteiger partial charge in [0.15, 0.2) is 0 Å². The summed E-state index contributed by atoms with van der Waals surface area (Å²) in [5, 5.41) is 0.614. The second-order valence-corrected chi connectivity index (χ2v) is 9.00. The Labute approximate surface area is 173 Å². The molecule has 1 aromatic carbocycles. The first-order valence-corrected chi connectivity index (χ1v) is 11.0. The molecule has 29 heavy (non-hydrogen) atoms. The first kappa shape index (κ1) is 18.4. The number of primary amides is 1. The van der Waals surface area contributed by atoms with Gasteiger partial charge in [-0.25, -0.2) is 14.8 Å². The van der Waals surface area contributed by atoms with Crippen LogP contribution in [-0.4, -0.2) is 33.0 Å². The average molecular weight is 409 g/mol. The van der Waals surface area contributed by atoms with E-state index in [1.54, 1.807) is 6.20 Å². The van der Waals surface area contributed by atoms with Crippen LogP contribution in [0, 0.1) is 5.92 Å². The van der Waals surface area contributed by atoms with E-state index in [9.17, 15) is 4.79 Å². The molecule has 6 nitrogen and oxygen atoms in total. The fraction of sp³-hybridized carbons (Fsp3) is 0.409. The lowest BCUT2D eigenvalue weighted by Crippen LogP contribution is -2.49. The van der Waals surface area contributed by atoms with Gasteiger partial charge in [-0.3, -0.25) is 0 Å². The molecule has 2 fully saturated rings. The molecule has 0 aliphatic carbocycles. The van der Waals surface area contributed by atoms with E-state index in [1.165, 1.54) is 16.9 Å². The van der Waals surface area contributed by atoms with E-state index in [0.29, 0.717) is 23.2 Å². The number of hydrogen-bond acceptors (Lipinski definition) is 5. The van der Waals surface area contributed by atoms with Crippen molar-refractivity contribution >= 4 is 27.7 Å². The third-order valence-corrected chi connectivity index (χ3v) is 7.06. The van der Waals surface area contributed by atoms with Crippen molar-refractivity contribution in [3.05, 3.63) is 48.2 Å². The summed E-state index contributed by atoms with van der Waals surface area (Å²) in [7, 11) is 0. The highest BCUT2D eigenvalue weighted by atomic mass is 32.1. The molecular formula is C22H24N4O2S. The summed E-state index contributed by atoms with van der Waals surface area (Å²) in [5.74, 6) is 1.47. The molecule has 2 saturated heterocycles. The molecule has 7 heteroatoms. The minimum atomic E-state index is -0.240. The van der Waals surface area contributed by atoms with Crippen LogP contribution in [-0.2, 0) is 6.42 Å². The number of ether oxygens (including phenoxy) is 1. The summed E-state index contributed by atoms with van der Waals surface area (Å²) in [6.07, 6.45) is 8.37. The third-order valence-electron chi connectivity index (χ3n) is 6.20. The average Bonchev–Trinajstić information content (AvgIpc) is 3.25. The van der Waals surface area contributed by atoms with E-state index >= 15 is 0 Å². The van der Waals surface area contributed by atoms with E-state index < -0.39 is 0 Å². The van der Waals surface area contributed by atoms with Gasteiger partial charge >= 0.3 is 6.03 Å². The molecule has 2 aliphatic rings. The minimum absolute atomic E-state index is 0.240. The molecule has 2 amide bonds. The first-order chi connectivity index (χ1) is 14.2. The number of benzene rings is 1. The maximum absolute atomic E-state index is 11.6. The van der Waals surface area contributed by atoms with Crippen LogP contribution < -0.4 is 10.5 Å². The highest BCUT2D eigenvalue weighted by Gasteiger charge is 2.42. The Bertz CT molecular complexity index is 972. The number of aryl methyl sites for hydroxylation is 1. The fourth-order valence-electron chi connectivity index (χ4n) is 4.87. The third kappa shape index (κ3) is 3.79. The number of urea groups is 1. The lowest BCUT2D eigenvalue weighted by atomic mass is 9.86. The van der Waals surface area contributed by atoms with Crippen LogP contribution in [0.1, 0.15) is 37.7 Å². The highest BCUT2D eigenvalue weighted by molar-refractivity contribution is 7.19. The second kappa shape index (κ2) is 7.63. The number of piperidine rings is 1. The molecule has 4 heterocycles. The van der Waals surface area contributed by atoms with Gasteiger partial charge in [0.2, 0.25) is 0 Å². The summed E-state index contributed by atoms with van der Waals surface area (Å²) in [5.41, 5.74) is 7.73. The lowest BCUT2D eigenvalue weighted by molar-refractivity contribution is 0.125. The zero-order chi connectivity index (χ0) is 19.8. The van der Waals surface area contributed by atoms with E-state index in [4.69, 9.17) is 10.5 Å². The molecule has 3 atom stereocenters.